The Hall–Kier alpha value is -4.27. The van der Waals surface area contributed by atoms with Crippen LogP contribution in [0.5, 0.6) is 23.0 Å². The Balaban J connectivity index is 1.58. The molecule has 238 valence electrons. The van der Waals surface area contributed by atoms with E-state index < -0.39 is 18.2 Å². The molecule has 1 saturated heterocycles. The number of hydrogen-bond donors (Lipinski definition) is 2. The molecule has 2 bridgehead atoms. The number of likely N-dealkylation sites (N-methyl/N-ethyl adjacent to an activating group) is 1. The van der Waals surface area contributed by atoms with Crippen molar-refractivity contribution in [2.45, 2.75) is 77.7 Å². The van der Waals surface area contributed by atoms with Crippen molar-refractivity contribution < 1.29 is 33.6 Å². The molecule has 4 aliphatic heterocycles. The van der Waals surface area contributed by atoms with E-state index in [9.17, 15) is 20.0 Å². The number of carbonyl (C=O) groups excluding carboxylic acids is 2. The van der Waals surface area contributed by atoms with Crippen molar-refractivity contribution in [3.63, 3.8) is 0 Å². The summed E-state index contributed by atoms with van der Waals surface area (Å²) in [5.74, 6) is 1.17. The van der Waals surface area contributed by atoms with E-state index in [1.165, 1.54) is 6.08 Å². The van der Waals surface area contributed by atoms with Gasteiger partial charge < -0.3 is 29.4 Å². The maximum absolute atomic E-state index is 12.9. The van der Waals surface area contributed by atoms with E-state index in [0.29, 0.717) is 41.2 Å². The standard InChI is InChI=1S/C34H40N4O7/c1-8-9-42-34(41)45-30-19(6)31-32(44-15-43-31)27-21(30)12-23-28-26-20(10-17(4)18(5)29(26)39)11-22(37(28)7)24(13-35)38(23)25(27)14-36-33(40)16(2)3/h8,10,16,22-25,28,39H,1,9,11-12,14-15H2,2-7H3,(H,36,40)/t22-,23?,24+,25+,28+/m1/s1. The lowest BCUT2D eigenvalue weighted by Gasteiger charge is -2.60. The highest BCUT2D eigenvalue weighted by molar-refractivity contribution is 5.78. The highest BCUT2D eigenvalue weighted by Crippen LogP contribution is 2.57. The maximum Gasteiger partial charge on any atom is 0.514 e. The van der Waals surface area contributed by atoms with Gasteiger partial charge in [-0.1, -0.05) is 32.6 Å². The molecule has 6 rings (SSSR count). The second kappa shape index (κ2) is 11.6. The zero-order valence-corrected chi connectivity index (χ0v) is 26.6. The lowest BCUT2D eigenvalue weighted by molar-refractivity contribution is -0.125. The van der Waals surface area contributed by atoms with Crippen LogP contribution in [0.25, 0.3) is 0 Å². The first-order chi connectivity index (χ1) is 21.5. The third kappa shape index (κ3) is 4.78. The fourth-order valence-corrected chi connectivity index (χ4v) is 7.67. The van der Waals surface area contributed by atoms with Gasteiger partial charge in [-0.2, -0.15) is 5.26 Å². The number of hydrogen-bond acceptors (Lipinski definition) is 10. The molecule has 2 aromatic carbocycles. The molecule has 1 unspecified atom stereocenters. The van der Waals surface area contributed by atoms with Crippen molar-refractivity contribution in [2.24, 2.45) is 5.92 Å². The number of phenols is 1. The summed E-state index contributed by atoms with van der Waals surface area (Å²) >= 11 is 0. The van der Waals surface area contributed by atoms with Crippen molar-refractivity contribution in [1.82, 2.24) is 15.1 Å². The monoisotopic (exact) mass is 616 g/mol. The van der Waals surface area contributed by atoms with Gasteiger partial charge in [0, 0.05) is 46.8 Å². The minimum absolute atomic E-state index is 0.0161. The number of aryl methyl sites for hydroxylation is 1. The lowest BCUT2D eigenvalue weighted by Crippen LogP contribution is -2.68. The molecule has 0 aliphatic carbocycles. The fourth-order valence-electron chi connectivity index (χ4n) is 7.67. The summed E-state index contributed by atoms with van der Waals surface area (Å²) in [7, 11) is 2.01. The minimum Gasteiger partial charge on any atom is -0.507 e. The summed E-state index contributed by atoms with van der Waals surface area (Å²) in [5.41, 5.74) is 5.72. The van der Waals surface area contributed by atoms with Gasteiger partial charge >= 0.3 is 6.16 Å². The molecule has 0 aromatic heterocycles. The summed E-state index contributed by atoms with van der Waals surface area (Å²) in [5, 5.41) is 25.5. The first-order valence-corrected chi connectivity index (χ1v) is 15.4. The van der Waals surface area contributed by atoms with Gasteiger partial charge in [-0.15, -0.1) is 0 Å². The topological polar surface area (TPSA) is 134 Å². The third-order valence-corrected chi connectivity index (χ3v) is 9.93. The van der Waals surface area contributed by atoms with Crippen LogP contribution < -0.4 is 19.5 Å². The second-order valence-electron chi connectivity index (χ2n) is 12.7. The number of carbonyl (C=O) groups is 2. The van der Waals surface area contributed by atoms with Crippen LogP contribution in [0.15, 0.2) is 18.7 Å². The number of nitriles is 1. The molecule has 0 radical (unpaired) electrons. The van der Waals surface area contributed by atoms with E-state index in [1.807, 2.05) is 34.7 Å². The molecule has 0 saturated carbocycles. The van der Waals surface area contributed by atoms with Gasteiger partial charge in [-0.05, 0) is 57.4 Å². The van der Waals surface area contributed by atoms with E-state index in [2.05, 4.69) is 33.8 Å². The number of rotatable bonds is 6. The Morgan fingerprint density at radius 1 is 1.18 bits per heavy atom. The highest BCUT2D eigenvalue weighted by Gasteiger charge is 2.56. The van der Waals surface area contributed by atoms with Crippen LogP contribution in [0, 0.1) is 38.0 Å². The molecule has 1 fully saturated rings. The van der Waals surface area contributed by atoms with Crippen LogP contribution in [0.2, 0.25) is 0 Å². The number of aromatic hydroxyl groups is 1. The van der Waals surface area contributed by atoms with Crippen LogP contribution in [-0.2, 0) is 22.4 Å². The second-order valence-corrected chi connectivity index (χ2v) is 12.7. The van der Waals surface area contributed by atoms with E-state index >= 15 is 0 Å². The smallest absolute Gasteiger partial charge is 0.507 e. The molecule has 11 heteroatoms. The zero-order chi connectivity index (χ0) is 32.3. The number of piperazine rings is 1. The predicted octanol–water partition coefficient (Wildman–Crippen LogP) is 4.29. The van der Waals surface area contributed by atoms with Crippen LogP contribution in [0.1, 0.15) is 64.9 Å². The van der Waals surface area contributed by atoms with Crippen molar-refractivity contribution in [1.29, 1.82) is 5.26 Å². The lowest BCUT2D eigenvalue weighted by atomic mass is 9.71. The van der Waals surface area contributed by atoms with Crippen molar-refractivity contribution in [3.05, 3.63) is 57.7 Å². The normalized spacial score (nSPS) is 24.6. The summed E-state index contributed by atoms with van der Waals surface area (Å²) in [4.78, 5) is 30.2. The Labute approximate surface area is 263 Å². The number of phenolic OH excluding ortho intramolecular Hbond substituents is 1. The van der Waals surface area contributed by atoms with E-state index in [1.54, 1.807) is 6.92 Å². The van der Waals surface area contributed by atoms with Gasteiger partial charge in [-0.25, -0.2) is 4.79 Å². The van der Waals surface area contributed by atoms with Gasteiger partial charge in [0.2, 0.25) is 12.7 Å². The molecule has 1 amide bonds. The SMILES string of the molecule is C=CCOC(=O)Oc1c(C)c2c(c3c1CC1[C@H]4c5c(cc(C)c(C)c5O)C[C@H]([C@H](C#N)N1[C@H]3CNC(=O)C(C)C)N4C)OCO2. The minimum atomic E-state index is -0.881. The Morgan fingerprint density at radius 3 is 2.60 bits per heavy atom. The van der Waals surface area contributed by atoms with E-state index in [0.717, 1.165) is 27.8 Å². The number of benzene rings is 2. The molecule has 4 aliphatic rings. The largest absolute Gasteiger partial charge is 0.514 e. The molecule has 2 aromatic rings. The fraction of sp³-hybridized carbons (Fsp3) is 0.500. The molecule has 11 nitrogen and oxygen atoms in total. The molecule has 45 heavy (non-hydrogen) atoms. The van der Waals surface area contributed by atoms with Gasteiger partial charge in [0.1, 0.15) is 24.1 Å². The summed E-state index contributed by atoms with van der Waals surface area (Å²) < 4.78 is 23.1. The number of ether oxygens (including phenoxy) is 4. The van der Waals surface area contributed by atoms with Crippen molar-refractivity contribution in [3.8, 4) is 29.1 Å². The van der Waals surface area contributed by atoms with Crippen LogP contribution in [0.4, 0.5) is 4.79 Å². The Kier molecular flexibility index (Phi) is 7.91. The summed E-state index contributed by atoms with van der Waals surface area (Å²) in [6.07, 6.45) is 1.54. The molecular formula is C34H40N4O7. The number of nitrogens with one attached hydrogen (secondary N) is 1. The van der Waals surface area contributed by atoms with Gasteiger partial charge in [0.25, 0.3) is 0 Å². The van der Waals surface area contributed by atoms with Crippen LogP contribution in [-0.4, -0.2) is 72.1 Å². The van der Waals surface area contributed by atoms with Gasteiger partial charge in [-0.3, -0.25) is 14.6 Å². The molecule has 0 spiro atoms. The molecule has 4 heterocycles. The average Bonchev–Trinajstić information content (AvgIpc) is 3.50. The molecular weight excluding hydrogens is 576 g/mol. The average molecular weight is 617 g/mol. The zero-order valence-electron chi connectivity index (χ0n) is 26.6. The predicted molar refractivity (Wildman–Crippen MR) is 164 cm³/mol. The summed E-state index contributed by atoms with van der Waals surface area (Å²) in [6.45, 7) is 13.1. The van der Waals surface area contributed by atoms with Gasteiger partial charge in [0.05, 0.1) is 18.2 Å². The Bertz CT molecular complexity index is 1630. The Morgan fingerprint density at radius 2 is 1.91 bits per heavy atom. The highest BCUT2D eigenvalue weighted by atomic mass is 16.7. The van der Waals surface area contributed by atoms with Gasteiger partial charge in [0.15, 0.2) is 11.5 Å². The van der Waals surface area contributed by atoms with E-state index in [4.69, 9.17) is 18.9 Å². The molecule has 5 atom stereocenters. The quantitative estimate of drug-likeness (QED) is 0.275. The first-order valence-electron chi connectivity index (χ1n) is 15.4. The first kappa shape index (κ1) is 30.7. The number of nitrogens with zero attached hydrogens (tertiary/aromatic N) is 3. The molecule has 2 N–H and O–H groups in total. The third-order valence-electron chi connectivity index (χ3n) is 9.93. The number of amides is 1. The van der Waals surface area contributed by atoms with Crippen LogP contribution >= 0.6 is 0 Å². The van der Waals surface area contributed by atoms with Crippen LogP contribution in [0.3, 0.4) is 0 Å². The number of fused-ring (bicyclic) bond motifs is 9. The summed E-state index contributed by atoms with van der Waals surface area (Å²) in [6, 6.07) is 2.87. The van der Waals surface area contributed by atoms with E-state index in [-0.39, 0.29) is 55.6 Å². The van der Waals surface area contributed by atoms with Crippen molar-refractivity contribution >= 4 is 12.1 Å². The maximum atomic E-state index is 12.9. The van der Waals surface area contributed by atoms with Crippen molar-refractivity contribution in [2.75, 3.05) is 27.0 Å².